The minimum atomic E-state index is -0.217. The minimum absolute atomic E-state index is 0.181. The molecule has 0 bridgehead atoms. The Bertz CT molecular complexity index is 536. The van der Waals surface area contributed by atoms with Gasteiger partial charge in [-0.05, 0) is 24.8 Å². The maximum Gasteiger partial charge on any atom is 0.315 e. The van der Waals surface area contributed by atoms with Gasteiger partial charge in [0.15, 0.2) is 0 Å². The van der Waals surface area contributed by atoms with Crippen LogP contribution in [0.2, 0.25) is 0 Å². The molecule has 0 saturated carbocycles. The summed E-state index contributed by atoms with van der Waals surface area (Å²) in [7, 11) is 1.64. The highest BCUT2D eigenvalue weighted by Crippen LogP contribution is 2.18. The van der Waals surface area contributed by atoms with E-state index in [1.165, 1.54) is 0 Å². The fourth-order valence-electron chi connectivity index (χ4n) is 3.00. The molecule has 0 radical (unpaired) electrons. The normalized spacial score (nSPS) is 16.2. The number of hydrogen-bond donors (Lipinski definition) is 2. The van der Waals surface area contributed by atoms with Gasteiger partial charge in [0.1, 0.15) is 0 Å². The van der Waals surface area contributed by atoms with Gasteiger partial charge in [-0.1, -0.05) is 36.8 Å². The summed E-state index contributed by atoms with van der Waals surface area (Å²) < 4.78 is 4.98. The summed E-state index contributed by atoms with van der Waals surface area (Å²) >= 11 is 0. The number of carbonyl (C=O) groups is 2. The van der Waals surface area contributed by atoms with Crippen LogP contribution in [-0.4, -0.2) is 50.2 Å². The first-order valence-corrected chi connectivity index (χ1v) is 9.06. The van der Waals surface area contributed by atoms with E-state index in [0.717, 1.165) is 37.8 Å². The first kappa shape index (κ1) is 19.2. The molecule has 1 saturated heterocycles. The molecule has 0 unspecified atom stereocenters. The zero-order valence-corrected chi connectivity index (χ0v) is 15.0. The van der Waals surface area contributed by atoms with Crippen LogP contribution in [0.1, 0.15) is 43.7 Å². The molecule has 1 aliphatic rings. The second-order valence-corrected chi connectivity index (χ2v) is 6.36. The number of carbonyl (C=O) groups excluding carboxylic acids is 2. The topological polar surface area (TPSA) is 70.7 Å². The van der Waals surface area contributed by atoms with Crippen molar-refractivity contribution in [2.24, 2.45) is 0 Å². The molecule has 1 atom stereocenters. The van der Waals surface area contributed by atoms with E-state index in [2.05, 4.69) is 10.6 Å². The molecule has 1 aromatic rings. The van der Waals surface area contributed by atoms with Gasteiger partial charge in [0.2, 0.25) is 5.91 Å². The summed E-state index contributed by atoms with van der Waals surface area (Å²) in [5.41, 5.74) is 1.01. The maximum absolute atomic E-state index is 12.3. The zero-order valence-electron chi connectivity index (χ0n) is 15.0. The van der Waals surface area contributed by atoms with Gasteiger partial charge in [0.05, 0.1) is 6.04 Å². The first-order chi connectivity index (χ1) is 12.2. The fourth-order valence-corrected chi connectivity index (χ4v) is 3.00. The van der Waals surface area contributed by atoms with Crippen molar-refractivity contribution in [2.45, 2.75) is 38.1 Å². The van der Waals surface area contributed by atoms with Gasteiger partial charge in [0.25, 0.3) is 0 Å². The first-order valence-electron chi connectivity index (χ1n) is 9.06. The lowest BCUT2D eigenvalue weighted by atomic mass is 10.1. The average Bonchev–Trinajstić information content (AvgIpc) is 2.83. The smallest absolute Gasteiger partial charge is 0.315 e. The Balaban J connectivity index is 1.98. The fraction of sp³-hybridized carbons (Fsp3) is 0.579. The predicted molar refractivity (Wildman–Crippen MR) is 97.3 cm³/mol. The van der Waals surface area contributed by atoms with Crippen LogP contribution in [0.5, 0.6) is 0 Å². The average molecular weight is 347 g/mol. The molecule has 138 valence electrons. The molecule has 0 aromatic heterocycles. The van der Waals surface area contributed by atoms with E-state index in [0.29, 0.717) is 26.1 Å². The lowest BCUT2D eigenvalue weighted by Crippen LogP contribution is -2.44. The monoisotopic (exact) mass is 347 g/mol. The number of hydrogen-bond acceptors (Lipinski definition) is 3. The summed E-state index contributed by atoms with van der Waals surface area (Å²) in [4.78, 5) is 26.4. The van der Waals surface area contributed by atoms with Crippen LogP contribution in [0, 0.1) is 0 Å². The second kappa shape index (κ2) is 10.7. The van der Waals surface area contributed by atoms with Crippen molar-refractivity contribution < 1.29 is 14.3 Å². The number of likely N-dealkylation sites (tertiary alicyclic amines) is 1. The molecule has 2 rings (SSSR count). The zero-order chi connectivity index (χ0) is 17.9. The van der Waals surface area contributed by atoms with Gasteiger partial charge in [-0.2, -0.15) is 0 Å². The Morgan fingerprint density at radius 2 is 2.04 bits per heavy atom. The van der Waals surface area contributed by atoms with Gasteiger partial charge in [-0.15, -0.1) is 0 Å². The number of nitrogens with zero attached hydrogens (tertiary/aromatic N) is 1. The molecule has 2 N–H and O–H groups in total. The summed E-state index contributed by atoms with van der Waals surface area (Å²) in [5.74, 6) is 0.181. The molecule has 1 aromatic carbocycles. The number of rotatable bonds is 8. The summed E-state index contributed by atoms with van der Waals surface area (Å²) in [5, 5.41) is 5.86. The summed E-state index contributed by atoms with van der Waals surface area (Å²) in [6, 6.07) is 9.38. The van der Waals surface area contributed by atoms with Gasteiger partial charge in [-0.3, -0.25) is 4.79 Å². The number of benzene rings is 1. The standard InChI is InChI=1S/C19H29N3O3/c1-25-14-8-12-20-19(24)21-17(16-9-4-2-5-10-16)15-22-13-7-3-6-11-18(22)23/h2,4-5,9-10,17H,3,6-8,11-15H2,1H3,(H2,20,21,24)/t17-/m0/s1. The number of amides is 3. The third-order valence-electron chi connectivity index (χ3n) is 4.39. The molecule has 3 amide bonds. The number of methoxy groups -OCH3 is 1. The molecule has 0 aliphatic carbocycles. The van der Waals surface area contributed by atoms with Crippen molar-refractivity contribution in [1.29, 1.82) is 0 Å². The van der Waals surface area contributed by atoms with Gasteiger partial charge < -0.3 is 20.3 Å². The molecule has 1 aliphatic heterocycles. The quantitative estimate of drug-likeness (QED) is 0.710. The highest BCUT2D eigenvalue weighted by molar-refractivity contribution is 5.77. The van der Waals surface area contributed by atoms with E-state index in [1.54, 1.807) is 7.11 Å². The van der Waals surface area contributed by atoms with E-state index >= 15 is 0 Å². The third-order valence-corrected chi connectivity index (χ3v) is 4.39. The molecular weight excluding hydrogens is 318 g/mol. The van der Waals surface area contributed by atoms with Crippen LogP contribution in [0.15, 0.2) is 30.3 Å². The van der Waals surface area contributed by atoms with Crippen molar-refractivity contribution >= 4 is 11.9 Å². The van der Waals surface area contributed by atoms with Crippen molar-refractivity contribution in [1.82, 2.24) is 15.5 Å². The van der Waals surface area contributed by atoms with Crippen molar-refractivity contribution in [3.05, 3.63) is 35.9 Å². The Morgan fingerprint density at radius 3 is 2.80 bits per heavy atom. The Morgan fingerprint density at radius 1 is 1.24 bits per heavy atom. The van der Waals surface area contributed by atoms with E-state index in [4.69, 9.17) is 4.74 Å². The SMILES string of the molecule is COCCCNC(=O)N[C@@H](CN1CCCCCC1=O)c1ccccc1. The largest absolute Gasteiger partial charge is 0.385 e. The molecule has 1 heterocycles. The summed E-state index contributed by atoms with van der Waals surface area (Å²) in [6.07, 6.45) is 4.44. The number of urea groups is 1. The lowest BCUT2D eigenvalue weighted by Gasteiger charge is -2.27. The van der Waals surface area contributed by atoms with E-state index in [9.17, 15) is 9.59 Å². The number of nitrogens with one attached hydrogen (secondary N) is 2. The molecule has 6 nitrogen and oxygen atoms in total. The molecule has 6 heteroatoms. The van der Waals surface area contributed by atoms with Crippen LogP contribution >= 0.6 is 0 Å². The van der Waals surface area contributed by atoms with E-state index < -0.39 is 0 Å². The van der Waals surface area contributed by atoms with Crippen LogP contribution in [-0.2, 0) is 9.53 Å². The Kier molecular flexibility index (Phi) is 8.25. The minimum Gasteiger partial charge on any atom is -0.385 e. The Labute approximate surface area is 149 Å². The predicted octanol–water partition coefficient (Wildman–Crippen LogP) is 2.47. The van der Waals surface area contributed by atoms with Crippen molar-refractivity contribution in [3.8, 4) is 0 Å². The molecule has 25 heavy (non-hydrogen) atoms. The van der Waals surface area contributed by atoms with Crippen LogP contribution in [0.3, 0.4) is 0 Å². The molecular formula is C19H29N3O3. The molecule has 1 fully saturated rings. The van der Waals surface area contributed by atoms with Gasteiger partial charge in [-0.25, -0.2) is 4.79 Å². The van der Waals surface area contributed by atoms with Crippen LogP contribution in [0.4, 0.5) is 4.79 Å². The van der Waals surface area contributed by atoms with Crippen LogP contribution in [0.25, 0.3) is 0 Å². The van der Waals surface area contributed by atoms with Gasteiger partial charge in [0, 0.05) is 39.8 Å². The highest BCUT2D eigenvalue weighted by atomic mass is 16.5. The van der Waals surface area contributed by atoms with Crippen molar-refractivity contribution in [2.75, 3.05) is 33.4 Å². The van der Waals surface area contributed by atoms with E-state index in [-0.39, 0.29) is 18.0 Å². The third kappa shape index (κ3) is 6.74. The highest BCUT2D eigenvalue weighted by Gasteiger charge is 2.22. The molecule has 0 spiro atoms. The summed E-state index contributed by atoms with van der Waals surface area (Å²) in [6.45, 7) is 2.45. The number of ether oxygens (including phenoxy) is 1. The van der Waals surface area contributed by atoms with Crippen molar-refractivity contribution in [3.63, 3.8) is 0 Å². The second-order valence-electron chi connectivity index (χ2n) is 6.36. The van der Waals surface area contributed by atoms with Gasteiger partial charge >= 0.3 is 6.03 Å². The van der Waals surface area contributed by atoms with E-state index in [1.807, 2.05) is 35.2 Å². The Hall–Kier alpha value is -2.08. The van der Waals surface area contributed by atoms with Crippen LogP contribution < -0.4 is 10.6 Å². The lowest BCUT2D eigenvalue weighted by molar-refractivity contribution is -0.131. The maximum atomic E-state index is 12.3.